The minimum atomic E-state index is 0.681. The van der Waals surface area contributed by atoms with Crippen molar-refractivity contribution in [1.29, 1.82) is 0 Å². The lowest BCUT2D eigenvalue weighted by molar-refractivity contribution is 0.394. The number of aromatic nitrogens is 5. The van der Waals surface area contributed by atoms with Crippen molar-refractivity contribution in [2.24, 2.45) is 0 Å². The highest BCUT2D eigenvalue weighted by Crippen LogP contribution is 2.35. The number of hydrogen-bond acceptors (Lipinski definition) is 6. The zero-order valence-electron chi connectivity index (χ0n) is 17.2. The number of pyridine rings is 1. The van der Waals surface area contributed by atoms with E-state index in [1.807, 2.05) is 35.9 Å². The summed E-state index contributed by atoms with van der Waals surface area (Å²) in [4.78, 5) is 13.9. The van der Waals surface area contributed by atoms with Gasteiger partial charge in [0.1, 0.15) is 11.5 Å². The monoisotopic (exact) mass is 389 g/mol. The van der Waals surface area contributed by atoms with Crippen LogP contribution in [0.15, 0.2) is 36.7 Å². The van der Waals surface area contributed by atoms with E-state index >= 15 is 0 Å². The van der Waals surface area contributed by atoms with Crippen LogP contribution in [0.4, 0.5) is 0 Å². The Kier molecular flexibility index (Phi) is 4.88. The second-order valence-electron chi connectivity index (χ2n) is 6.80. The summed E-state index contributed by atoms with van der Waals surface area (Å²) in [5.74, 6) is 1.40. The van der Waals surface area contributed by atoms with E-state index in [4.69, 9.17) is 19.6 Å². The average Bonchev–Trinajstić information content (AvgIpc) is 3.09. The maximum Gasteiger partial charge on any atom is 0.182 e. The number of hydrogen-bond donors (Lipinski definition) is 0. The normalized spacial score (nSPS) is 11.1. The molecular weight excluding hydrogens is 366 g/mol. The van der Waals surface area contributed by atoms with Crippen molar-refractivity contribution in [2.45, 2.75) is 27.3 Å². The number of benzene rings is 1. The first-order chi connectivity index (χ1) is 14.0. The maximum absolute atomic E-state index is 5.43. The van der Waals surface area contributed by atoms with Crippen molar-refractivity contribution < 1.29 is 9.47 Å². The van der Waals surface area contributed by atoms with Gasteiger partial charge in [-0.2, -0.15) is 5.10 Å². The molecule has 148 valence electrons. The van der Waals surface area contributed by atoms with Gasteiger partial charge in [-0.05, 0) is 39.0 Å². The van der Waals surface area contributed by atoms with E-state index in [0.29, 0.717) is 17.1 Å². The molecule has 0 unspecified atom stereocenters. The summed E-state index contributed by atoms with van der Waals surface area (Å²) < 4.78 is 12.8. The van der Waals surface area contributed by atoms with Crippen molar-refractivity contribution in [2.75, 3.05) is 14.2 Å². The first-order valence-corrected chi connectivity index (χ1v) is 9.44. The van der Waals surface area contributed by atoms with Gasteiger partial charge in [-0.15, -0.1) is 0 Å². The number of nitrogens with zero attached hydrogens (tertiary/aromatic N) is 5. The summed E-state index contributed by atoms with van der Waals surface area (Å²) in [5.41, 5.74) is 6.01. The first-order valence-electron chi connectivity index (χ1n) is 9.44. The molecule has 4 aromatic rings. The molecule has 29 heavy (non-hydrogen) atoms. The van der Waals surface area contributed by atoms with Crippen LogP contribution >= 0.6 is 0 Å². The Bertz CT molecular complexity index is 1160. The van der Waals surface area contributed by atoms with Gasteiger partial charge in [0.15, 0.2) is 5.65 Å². The van der Waals surface area contributed by atoms with Crippen LogP contribution in [-0.2, 0) is 6.54 Å². The van der Waals surface area contributed by atoms with Crippen LogP contribution in [0.3, 0.4) is 0 Å². The lowest BCUT2D eigenvalue weighted by atomic mass is 10.0. The number of rotatable bonds is 5. The van der Waals surface area contributed by atoms with Gasteiger partial charge < -0.3 is 9.47 Å². The van der Waals surface area contributed by atoms with E-state index < -0.39 is 0 Å². The third kappa shape index (κ3) is 3.40. The molecule has 0 saturated heterocycles. The zero-order chi connectivity index (χ0) is 20.5. The second-order valence-corrected chi connectivity index (χ2v) is 6.80. The van der Waals surface area contributed by atoms with Gasteiger partial charge in [0.2, 0.25) is 0 Å². The van der Waals surface area contributed by atoms with E-state index in [2.05, 4.69) is 23.8 Å². The Morgan fingerprint density at radius 3 is 2.21 bits per heavy atom. The van der Waals surface area contributed by atoms with Crippen molar-refractivity contribution in [3.05, 3.63) is 48.0 Å². The second kappa shape index (κ2) is 7.50. The lowest BCUT2D eigenvalue weighted by Crippen LogP contribution is -1.98. The Morgan fingerprint density at radius 1 is 0.897 bits per heavy atom. The highest BCUT2D eigenvalue weighted by molar-refractivity contribution is 5.96. The largest absolute Gasteiger partial charge is 0.497 e. The van der Waals surface area contributed by atoms with E-state index in [0.717, 1.165) is 45.8 Å². The third-order valence-electron chi connectivity index (χ3n) is 4.97. The van der Waals surface area contributed by atoms with Crippen LogP contribution in [0.5, 0.6) is 11.5 Å². The smallest absolute Gasteiger partial charge is 0.182 e. The number of ether oxygens (including phenoxy) is 2. The molecule has 0 aliphatic heterocycles. The predicted octanol–water partition coefficient (Wildman–Crippen LogP) is 4.21. The Balaban J connectivity index is 2.01. The molecule has 3 heterocycles. The summed E-state index contributed by atoms with van der Waals surface area (Å²) in [7, 11) is 3.27. The fourth-order valence-corrected chi connectivity index (χ4v) is 3.42. The Hall–Kier alpha value is -3.48. The summed E-state index contributed by atoms with van der Waals surface area (Å²) in [5, 5.41) is 5.69. The highest BCUT2D eigenvalue weighted by Gasteiger charge is 2.18. The summed E-state index contributed by atoms with van der Waals surface area (Å²) in [6, 6.07) is 7.74. The van der Waals surface area contributed by atoms with Gasteiger partial charge >= 0.3 is 0 Å². The highest BCUT2D eigenvalue weighted by atomic mass is 16.5. The van der Waals surface area contributed by atoms with Crippen LogP contribution in [0.2, 0.25) is 0 Å². The molecule has 0 atom stereocenters. The first kappa shape index (κ1) is 18.9. The standard InChI is InChI=1S/C22H23N5O2/c1-6-27-14(3)21-18(20-12-23-13(2)11-24-20)10-19(25-22(21)26-27)15-7-16(28-4)9-17(8-15)29-5/h7-12H,6H2,1-5H3. The molecule has 0 fully saturated rings. The molecule has 7 heteroatoms. The SMILES string of the molecule is CCn1nc2nc(-c3cc(OC)cc(OC)c3)cc(-c3cnc(C)cn3)c2c1C. The number of methoxy groups -OCH3 is 2. The summed E-state index contributed by atoms with van der Waals surface area (Å²) in [6.07, 6.45) is 3.57. The quantitative estimate of drug-likeness (QED) is 0.509. The third-order valence-corrected chi connectivity index (χ3v) is 4.97. The van der Waals surface area contributed by atoms with Crippen LogP contribution in [0.1, 0.15) is 18.3 Å². The van der Waals surface area contributed by atoms with Gasteiger partial charge in [-0.1, -0.05) is 0 Å². The molecule has 0 radical (unpaired) electrons. The Morgan fingerprint density at radius 2 is 1.62 bits per heavy atom. The number of fused-ring (bicyclic) bond motifs is 1. The van der Waals surface area contributed by atoms with Gasteiger partial charge in [0.05, 0.1) is 42.9 Å². The summed E-state index contributed by atoms with van der Waals surface area (Å²) >= 11 is 0. The minimum Gasteiger partial charge on any atom is -0.497 e. The molecule has 0 N–H and O–H groups in total. The number of aryl methyl sites for hydroxylation is 3. The van der Waals surface area contributed by atoms with Gasteiger partial charge in [-0.3, -0.25) is 14.6 Å². The van der Waals surface area contributed by atoms with Gasteiger partial charge in [0.25, 0.3) is 0 Å². The molecule has 3 aromatic heterocycles. The minimum absolute atomic E-state index is 0.681. The van der Waals surface area contributed by atoms with Crippen LogP contribution in [-0.4, -0.2) is 39.0 Å². The fourth-order valence-electron chi connectivity index (χ4n) is 3.42. The van der Waals surface area contributed by atoms with Gasteiger partial charge in [0, 0.05) is 35.6 Å². The van der Waals surface area contributed by atoms with E-state index in [1.54, 1.807) is 26.6 Å². The zero-order valence-corrected chi connectivity index (χ0v) is 17.2. The van der Waals surface area contributed by atoms with E-state index in [1.165, 1.54) is 0 Å². The molecule has 0 amide bonds. The molecular formula is C22H23N5O2. The predicted molar refractivity (Wildman–Crippen MR) is 112 cm³/mol. The van der Waals surface area contributed by atoms with Crippen molar-refractivity contribution >= 4 is 11.0 Å². The molecule has 0 aliphatic rings. The summed E-state index contributed by atoms with van der Waals surface area (Å²) in [6.45, 7) is 6.81. The molecule has 0 aliphatic carbocycles. The fraction of sp³-hybridized carbons (Fsp3) is 0.273. The topological polar surface area (TPSA) is 75.0 Å². The lowest BCUT2D eigenvalue weighted by Gasteiger charge is -2.10. The molecule has 7 nitrogen and oxygen atoms in total. The average molecular weight is 389 g/mol. The van der Waals surface area contributed by atoms with Crippen LogP contribution < -0.4 is 9.47 Å². The maximum atomic E-state index is 5.43. The molecule has 0 spiro atoms. The van der Waals surface area contributed by atoms with Crippen molar-refractivity contribution in [3.63, 3.8) is 0 Å². The van der Waals surface area contributed by atoms with E-state index in [9.17, 15) is 0 Å². The van der Waals surface area contributed by atoms with Crippen LogP contribution in [0, 0.1) is 13.8 Å². The molecule has 1 aromatic carbocycles. The van der Waals surface area contributed by atoms with E-state index in [-0.39, 0.29) is 0 Å². The Labute approximate surface area is 169 Å². The van der Waals surface area contributed by atoms with Crippen molar-refractivity contribution in [1.82, 2.24) is 24.7 Å². The molecule has 4 rings (SSSR count). The van der Waals surface area contributed by atoms with Crippen molar-refractivity contribution in [3.8, 4) is 34.0 Å². The molecule has 0 saturated carbocycles. The molecule has 0 bridgehead atoms. The van der Waals surface area contributed by atoms with Crippen LogP contribution in [0.25, 0.3) is 33.5 Å². The van der Waals surface area contributed by atoms with Gasteiger partial charge in [-0.25, -0.2) is 4.98 Å².